The number of nitrogens with two attached hydrogens (primary N) is 1. The summed E-state index contributed by atoms with van der Waals surface area (Å²) in [5.74, 6) is -0.548. The molecule has 41 heavy (non-hydrogen) atoms. The molecule has 2 amide bonds. The van der Waals surface area contributed by atoms with Gasteiger partial charge in [-0.1, -0.05) is 20.8 Å². The topological polar surface area (TPSA) is 112 Å². The molecule has 1 aliphatic carbocycles. The minimum absolute atomic E-state index is 0.0226. The third kappa shape index (κ3) is 5.44. The van der Waals surface area contributed by atoms with Crippen LogP contribution in [0.1, 0.15) is 64.2 Å². The second-order valence-electron chi connectivity index (χ2n) is 11.0. The van der Waals surface area contributed by atoms with E-state index >= 15 is 0 Å². The Labute approximate surface area is 246 Å². The van der Waals surface area contributed by atoms with Crippen LogP contribution in [0.15, 0.2) is 34.8 Å². The lowest BCUT2D eigenvalue weighted by molar-refractivity contribution is -0.142. The third-order valence-corrected chi connectivity index (χ3v) is 9.29. The molecule has 0 bridgehead atoms. The number of amides is 2. The van der Waals surface area contributed by atoms with Gasteiger partial charge in [0.2, 0.25) is 0 Å². The fourth-order valence-electron chi connectivity index (χ4n) is 5.08. The van der Waals surface area contributed by atoms with Crippen molar-refractivity contribution in [1.82, 2.24) is 14.6 Å². The summed E-state index contributed by atoms with van der Waals surface area (Å²) in [6.45, 7) is 6.49. The van der Waals surface area contributed by atoms with Crippen LogP contribution in [0, 0.1) is 11.3 Å². The summed E-state index contributed by atoms with van der Waals surface area (Å²) in [4.78, 5) is 31.2. The highest BCUT2D eigenvalue weighted by Gasteiger charge is 2.37. The van der Waals surface area contributed by atoms with Crippen LogP contribution >= 0.6 is 27.3 Å². The van der Waals surface area contributed by atoms with Gasteiger partial charge in [-0.2, -0.15) is 18.3 Å². The predicted molar refractivity (Wildman–Crippen MR) is 153 cm³/mol. The van der Waals surface area contributed by atoms with E-state index < -0.39 is 23.7 Å². The van der Waals surface area contributed by atoms with Gasteiger partial charge < -0.3 is 15.8 Å². The standard InChI is InChI=1S/C28H27BrF3N5O3S/c1-27(2,3)14-7-10-16-18(11-14)41-26(20(16)23(33)38)35-25(39)22-21(29)24-34-17(13-5-8-15(40-4)9-6-13)12-19(28(30,31)32)37(24)36-22/h5-6,8-9,12,14H,7,10-11H2,1-4H3,(H2,33,38)(H,35,39). The van der Waals surface area contributed by atoms with Crippen molar-refractivity contribution in [3.05, 3.63) is 62.2 Å². The maximum Gasteiger partial charge on any atom is 0.433 e. The number of primary amides is 1. The largest absolute Gasteiger partial charge is 0.497 e. The van der Waals surface area contributed by atoms with Gasteiger partial charge in [-0.05, 0) is 82.4 Å². The Bertz CT molecular complexity index is 1670. The number of alkyl halides is 3. The molecule has 3 aromatic heterocycles. The van der Waals surface area contributed by atoms with Gasteiger partial charge in [0, 0.05) is 10.4 Å². The van der Waals surface area contributed by atoms with Crippen LogP contribution in [-0.2, 0) is 19.0 Å². The summed E-state index contributed by atoms with van der Waals surface area (Å²) < 4.78 is 48.1. The van der Waals surface area contributed by atoms with Crippen LogP contribution in [0.2, 0.25) is 0 Å². The van der Waals surface area contributed by atoms with Gasteiger partial charge in [-0.15, -0.1) is 11.3 Å². The number of aromatic nitrogens is 3. The Hall–Kier alpha value is -3.45. The number of halogens is 4. The van der Waals surface area contributed by atoms with E-state index in [4.69, 9.17) is 10.5 Å². The Morgan fingerprint density at radius 1 is 1.20 bits per heavy atom. The first kappa shape index (κ1) is 29.1. The minimum Gasteiger partial charge on any atom is -0.497 e. The number of ether oxygens (including phenoxy) is 1. The van der Waals surface area contributed by atoms with Crippen molar-refractivity contribution in [2.45, 2.75) is 46.2 Å². The molecule has 13 heteroatoms. The van der Waals surface area contributed by atoms with Crippen LogP contribution < -0.4 is 15.8 Å². The highest BCUT2D eigenvalue weighted by molar-refractivity contribution is 9.10. The van der Waals surface area contributed by atoms with Crippen molar-refractivity contribution in [3.8, 4) is 17.0 Å². The smallest absolute Gasteiger partial charge is 0.433 e. The molecule has 1 aliphatic rings. The lowest BCUT2D eigenvalue weighted by Crippen LogP contribution is -2.27. The number of anilines is 1. The van der Waals surface area contributed by atoms with E-state index in [1.165, 1.54) is 18.4 Å². The molecule has 0 saturated heterocycles. The Balaban J connectivity index is 1.55. The zero-order valence-corrected chi connectivity index (χ0v) is 25.1. The van der Waals surface area contributed by atoms with Crippen LogP contribution in [0.5, 0.6) is 5.75 Å². The molecule has 4 aromatic rings. The number of carbonyl (C=O) groups is 2. The number of hydrogen-bond acceptors (Lipinski definition) is 6. The molecule has 0 radical (unpaired) electrons. The van der Waals surface area contributed by atoms with Crippen LogP contribution in [0.3, 0.4) is 0 Å². The molecule has 1 atom stereocenters. The van der Waals surface area contributed by atoms with Gasteiger partial charge in [-0.3, -0.25) is 9.59 Å². The van der Waals surface area contributed by atoms with Gasteiger partial charge in [0.25, 0.3) is 11.8 Å². The lowest BCUT2D eigenvalue weighted by Gasteiger charge is -2.33. The summed E-state index contributed by atoms with van der Waals surface area (Å²) >= 11 is 4.52. The molecule has 0 fully saturated rings. The van der Waals surface area contributed by atoms with E-state index in [-0.39, 0.29) is 37.5 Å². The van der Waals surface area contributed by atoms with E-state index in [9.17, 15) is 22.8 Å². The number of hydrogen-bond donors (Lipinski definition) is 2. The molecule has 1 unspecified atom stereocenters. The van der Waals surface area contributed by atoms with Crippen molar-refractivity contribution in [3.63, 3.8) is 0 Å². The number of rotatable bonds is 5. The number of methoxy groups -OCH3 is 1. The number of nitrogens with one attached hydrogen (secondary N) is 1. The van der Waals surface area contributed by atoms with Gasteiger partial charge in [0.15, 0.2) is 17.0 Å². The van der Waals surface area contributed by atoms with Crippen molar-refractivity contribution in [2.24, 2.45) is 17.1 Å². The maximum atomic E-state index is 14.1. The quantitative estimate of drug-likeness (QED) is 0.248. The number of fused-ring (bicyclic) bond motifs is 2. The maximum absolute atomic E-state index is 14.1. The Morgan fingerprint density at radius 2 is 1.88 bits per heavy atom. The monoisotopic (exact) mass is 649 g/mol. The molecule has 216 valence electrons. The molecule has 3 heterocycles. The van der Waals surface area contributed by atoms with Crippen molar-refractivity contribution in [1.29, 1.82) is 0 Å². The van der Waals surface area contributed by atoms with E-state index in [1.54, 1.807) is 24.3 Å². The average Bonchev–Trinajstić information content (AvgIpc) is 3.43. The molecule has 0 aliphatic heterocycles. The minimum atomic E-state index is -4.79. The molecule has 1 aromatic carbocycles. The Kier molecular flexibility index (Phi) is 7.39. The highest BCUT2D eigenvalue weighted by Crippen LogP contribution is 2.44. The highest BCUT2D eigenvalue weighted by atomic mass is 79.9. The molecule has 0 spiro atoms. The number of carbonyl (C=O) groups excluding carboxylic acids is 2. The molecular weight excluding hydrogens is 623 g/mol. The summed E-state index contributed by atoms with van der Waals surface area (Å²) in [6.07, 6.45) is -2.53. The lowest BCUT2D eigenvalue weighted by atomic mass is 9.72. The Morgan fingerprint density at radius 3 is 2.46 bits per heavy atom. The second-order valence-corrected chi connectivity index (χ2v) is 12.9. The van der Waals surface area contributed by atoms with Crippen molar-refractivity contribution >= 4 is 49.7 Å². The summed E-state index contributed by atoms with van der Waals surface area (Å²) in [6, 6.07) is 7.27. The fourth-order valence-corrected chi connectivity index (χ4v) is 6.93. The zero-order valence-electron chi connectivity index (χ0n) is 22.6. The second kappa shape index (κ2) is 10.4. The molecule has 0 saturated carbocycles. The number of nitrogens with zero attached hydrogens (tertiary/aromatic N) is 3. The summed E-state index contributed by atoms with van der Waals surface area (Å²) in [5.41, 5.74) is 5.67. The van der Waals surface area contributed by atoms with Crippen LogP contribution in [0.4, 0.5) is 18.2 Å². The number of thiophene rings is 1. The summed E-state index contributed by atoms with van der Waals surface area (Å²) in [7, 11) is 1.48. The predicted octanol–water partition coefficient (Wildman–Crippen LogP) is 6.75. The molecule has 5 rings (SSSR count). The first-order valence-electron chi connectivity index (χ1n) is 12.8. The zero-order chi connectivity index (χ0) is 29.9. The van der Waals surface area contributed by atoms with E-state index in [1.807, 2.05) is 0 Å². The van der Waals surface area contributed by atoms with Crippen molar-refractivity contribution < 1.29 is 27.5 Å². The van der Waals surface area contributed by atoms with Crippen LogP contribution in [0.25, 0.3) is 16.9 Å². The molecule has 8 nitrogen and oxygen atoms in total. The molecular formula is C28H27BrF3N5O3S. The first-order chi connectivity index (χ1) is 19.2. The molecule has 3 N–H and O–H groups in total. The van der Waals surface area contributed by atoms with Gasteiger partial charge in [-0.25, -0.2) is 9.50 Å². The average molecular weight is 651 g/mol. The fraction of sp³-hybridized carbons (Fsp3) is 0.357. The van der Waals surface area contributed by atoms with Gasteiger partial charge >= 0.3 is 6.18 Å². The third-order valence-electron chi connectivity index (χ3n) is 7.39. The van der Waals surface area contributed by atoms with E-state index in [2.05, 4.69) is 52.1 Å². The first-order valence-corrected chi connectivity index (χ1v) is 14.4. The van der Waals surface area contributed by atoms with E-state index in [0.29, 0.717) is 28.2 Å². The van der Waals surface area contributed by atoms with Gasteiger partial charge in [0.05, 0.1) is 22.8 Å². The van der Waals surface area contributed by atoms with Crippen molar-refractivity contribution in [2.75, 3.05) is 12.4 Å². The number of benzene rings is 1. The normalized spacial score (nSPS) is 15.6. The SMILES string of the molecule is COc1ccc(-c2cc(C(F)(F)F)n3nc(C(=O)Nc4sc5c(c4C(N)=O)CCC(C(C)(C)C)C5)c(Br)c3n2)cc1. The van der Waals surface area contributed by atoms with E-state index in [0.717, 1.165) is 29.3 Å². The van der Waals surface area contributed by atoms with Gasteiger partial charge in [0.1, 0.15) is 10.8 Å². The van der Waals surface area contributed by atoms with Crippen LogP contribution in [-0.4, -0.2) is 33.5 Å². The summed E-state index contributed by atoms with van der Waals surface area (Å²) in [5, 5.41) is 6.93.